The molecule has 0 aliphatic rings. The van der Waals surface area contributed by atoms with Gasteiger partial charge in [-0.2, -0.15) is 4.37 Å². The molecule has 1 atom stereocenters. The van der Waals surface area contributed by atoms with Crippen molar-refractivity contribution in [3.8, 4) is 0 Å². The third-order valence-electron chi connectivity index (χ3n) is 1.92. The Hall–Kier alpha value is -0.720. The van der Waals surface area contributed by atoms with Crippen LogP contribution in [0.4, 0.5) is 5.13 Å². The van der Waals surface area contributed by atoms with Gasteiger partial charge < -0.3 is 15.5 Å². The Kier molecular flexibility index (Phi) is 4.01. The highest BCUT2D eigenvalue weighted by Crippen LogP contribution is 2.17. The van der Waals surface area contributed by atoms with Crippen LogP contribution in [0.25, 0.3) is 0 Å². The maximum atomic E-state index is 9.54. The van der Waals surface area contributed by atoms with Crippen molar-refractivity contribution < 1.29 is 10.2 Å². The molecule has 0 fully saturated rings. The van der Waals surface area contributed by atoms with Crippen LogP contribution < -0.4 is 5.32 Å². The zero-order valence-corrected chi connectivity index (χ0v) is 10.0. The molecule has 0 spiro atoms. The first-order chi connectivity index (χ1) is 6.94. The van der Waals surface area contributed by atoms with Gasteiger partial charge in [0.1, 0.15) is 11.4 Å². The van der Waals surface area contributed by atoms with Crippen LogP contribution in [-0.2, 0) is 0 Å². The molecule has 1 aromatic rings. The maximum Gasteiger partial charge on any atom is 0.202 e. The Bertz CT molecular complexity index is 312. The molecule has 86 valence electrons. The molecule has 5 nitrogen and oxygen atoms in total. The van der Waals surface area contributed by atoms with E-state index in [-0.39, 0.29) is 13.2 Å². The first kappa shape index (κ1) is 12.4. The Morgan fingerprint density at radius 2 is 2.20 bits per heavy atom. The van der Waals surface area contributed by atoms with Crippen molar-refractivity contribution in [2.75, 3.05) is 18.5 Å². The summed E-state index contributed by atoms with van der Waals surface area (Å²) in [5, 5.41) is 22.0. The second kappa shape index (κ2) is 4.87. The van der Waals surface area contributed by atoms with Crippen LogP contribution in [0.1, 0.15) is 32.5 Å². The molecule has 1 aromatic heterocycles. The Morgan fingerprint density at radius 3 is 2.67 bits per heavy atom. The number of nitrogens with one attached hydrogen (secondary N) is 1. The lowest BCUT2D eigenvalue weighted by molar-refractivity contribution is 0.0132. The third kappa shape index (κ3) is 3.73. The van der Waals surface area contributed by atoms with E-state index < -0.39 is 5.60 Å². The van der Waals surface area contributed by atoms with Gasteiger partial charge in [0, 0.05) is 24.0 Å². The molecule has 0 radical (unpaired) electrons. The molecule has 3 N–H and O–H groups in total. The van der Waals surface area contributed by atoms with Crippen LogP contribution >= 0.6 is 11.5 Å². The van der Waals surface area contributed by atoms with Crippen molar-refractivity contribution in [2.24, 2.45) is 0 Å². The van der Waals surface area contributed by atoms with Gasteiger partial charge in [-0.15, -0.1) is 0 Å². The molecule has 0 aromatic carbocycles. The summed E-state index contributed by atoms with van der Waals surface area (Å²) in [7, 11) is 0. The Morgan fingerprint density at radius 1 is 1.53 bits per heavy atom. The molecule has 0 aliphatic heterocycles. The maximum absolute atomic E-state index is 9.54. The van der Waals surface area contributed by atoms with Gasteiger partial charge in [-0.1, -0.05) is 13.8 Å². The molecule has 6 heteroatoms. The number of hydrogen-bond acceptors (Lipinski definition) is 6. The van der Waals surface area contributed by atoms with Crippen molar-refractivity contribution in [2.45, 2.75) is 32.3 Å². The van der Waals surface area contributed by atoms with E-state index in [1.807, 2.05) is 13.8 Å². The topological polar surface area (TPSA) is 78.3 Å². The van der Waals surface area contributed by atoms with Gasteiger partial charge in [0.15, 0.2) is 0 Å². The first-order valence-corrected chi connectivity index (χ1v) is 5.62. The van der Waals surface area contributed by atoms with Crippen molar-refractivity contribution in [3.63, 3.8) is 0 Å². The molecule has 0 saturated heterocycles. The summed E-state index contributed by atoms with van der Waals surface area (Å²) in [6.45, 7) is 5.59. The first-order valence-electron chi connectivity index (χ1n) is 4.85. The number of aliphatic hydroxyl groups excluding tert-OH is 1. The van der Waals surface area contributed by atoms with Crippen molar-refractivity contribution in [1.82, 2.24) is 9.36 Å². The lowest BCUT2D eigenvalue weighted by Gasteiger charge is -2.19. The van der Waals surface area contributed by atoms with E-state index in [4.69, 9.17) is 5.11 Å². The van der Waals surface area contributed by atoms with Gasteiger partial charge in [0.25, 0.3) is 0 Å². The zero-order chi connectivity index (χ0) is 11.5. The highest BCUT2D eigenvalue weighted by molar-refractivity contribution is 7.09. The van der Waals surface area contributed by atoms with Gasteiger partial charge in [-0.3, -0.25) is 0 Å². The molecule has 1 rings (SSSR count). The normalized spacial score (nSPS) is 15.3. The number of hydrogen-bond donors (Lipinski definition) is 3. The molecular weight excluding hydrogens is 214 g/mol. The molecule has 0 aliphatic carbocycles. The van der Waals surface area contributed by atoms with E-state index in [0.717, 1.165) is 5.82 Å². The van der Waals surface area contributed by atoms with Gasteiger partial charge >= 0.3 is 0 Å². The Labute approximate surface area is 93.3 Å². The van der Waals surface area contributed by atoms with Crippen LogP contribution in [0, 0.1) is 0 Å². The van der Waals surface area contributed by atoms with Crippen molar-refractivity contribution >= 4 is 16.7 Å². The SMILES string of the molecule is CC(C)c1nsc(NCC(C)(O)CO)n1. The standard InChI is InChI=1S/C9H17N3O2S/c1-6(2)7-11-8(15-12-7)10-4-9(3,14)5-13/h6,13-14H,4-5H2,1-3H3,(H,10,11,12). The molecule has 15 heavy (non-hydrogen) atoms. The molecule has 0 bridgehead atoms. The smallest absolute Gasteiger partial charge is 0.202 e. The summed E-state index contributed by atoms with van der Waals surface area (Å²) >= 11 is 1.26. The van der Waals surface area contributed by atoms with E-state index in [2.05, 4.69) is 14.7 Å². The fourth-order valence-corrected chi connectivity index (χ4v) is 1.57. The minimum Gasteiger partial charge on any atom is -0.393 e. The van der Waals surface area contributed by atoms with E-state index in [1.54, 1.807) is 6.92 Å². The molecule has 0 amide bonds. The van der Waals surface area contributed by atoms with E-state index in [0.29, 0.717) is 11.0 Å². The lowest BCUT2D eigenvalue weighted by atomic mass is 10.1. The molecule has 1 unspecified atom stereocenters. The van der Waals surface area contributed by atoms with E-state index in [9.17, 15) is 5.11 Å². The summed E-state index contributed by atoms with van der Waals surface area (Å²) in [5.74, 6) is 1.10. The van der Waals surface area contributed by atoms with Crippen LogP contribution in [-0.4, -0.2) is 38.3 Å². The summed E-state index contributed by atoms with van der Waals surface area (Å²) < 4.78 is 4.17. The van der Waals surface area contributed by atoms with Gasteiger partial charge in [0.2, 0.25) is 5.13 Å². The largest absolute Gasteiger partial charge is 0.393 e. The number of rotatable bonds is 5. The van der Waals surface area contributed by atoms with Gasteiger partial charge in [-0.05, 0) is 6.92 Å². The third-order valence-corrected chi connectivity index (χ3v) is 2.61. The number of nitrogens with zero attached hydrogens (tertiary/aromatic N) is 2. The summed E-state index contributed by atoms with van der Waals surface area (Å²) in [4.78, 5) is 4.25. The van der Waals surface area contributed by atoms with Gasteiger partial charge in [0.05, 0.1) is 6.61 Å². The molecule has 1 heterocycles. The summed E-state index contributed by atoms with van der Waals surface area (Å²) in [6.07, 6.45) is 0. The summed E-state index contributed by atoms with van der Waals surface area (Å²) in [5.41, 5.74) is -1.12. The zero-order valence-electron chi connectivity index (χ0n) is 9.19. The quantitative estimate of drug-likeness (QED) is 0.699. The second-order valence-electron chi connectivity index (χ2n) is 4.12. The fraction of sp³-hybridized carbons (Fsp3) is 0.778. The monoisotopic (exact) mass is 231 g/mol. The second-order valence-corrected chi connectivity index (χ2v) is 4.87. The predicted octanol–water partition coefficient (Wildman–Crippen LogP) is 0.817. The lowest BCUT2D eigenvalue weighted by Crippen LogP contribution is -2.37. The average molecular weight is 231 g/mol. The van der Waals surface area contributed by atoms with Crippen LogP contribution in [0.2, 0.25) is 0 Å². The predicted molar refractivity (Wildman–Crippen MR) is 60.2 cm³/mol. The van der Waals surface area contributed by atoms with E-state index >= 15 is 0 Å². The highest BCUT2D eigenvalue weighted by Gasteiger charge is 2.19. The fourth-order valence-electron chi connectivity index (χ4n) is 0.863. The minimum absolute atomic E-state index is 0.260. The van der Waals surface area contributed by atoms with E-state index in [1.165, 1.54) is 11.5 Å². The van der Waals surface area contributed by atoms with Gasteiger partial charge in [-0.25, -0.2) is 4.98 Å². The van der Waals surface area contributed by atoms with Crippen LogP contribution in [0.5, 0.6) is 0 Å². The number of aliphatic hydroxyl groups is 2. The minimum atomic E-state index is -1.12. The van der Waals surface area contributed by atoms with Crippen LogP contribution in [0.15, 0.2) is 0 Å². The highest BCUT2D eigenvalue weighted by atomic mass is 32.1. The number of anilines is 1. The van der Waals surface area contributed by atoms with Crippen molar-refractivity contribution in [3.05, 3.63) is 5.82 Å². The molecular formula is C9H17N3O2S. The van der Waals surface area contributed by atoms with Crippen molar-refractivity contribution in [1.29, 1.82) is 0 Å². The molecule has 0 saturated carbocycles. The van der Waals surface area contributed by atoms with Crippen LogP contribution in [0.3, 0.4) is 0 Å². The average Bonchev–Trinajstić information content (AvgIpc) is 2.63. The summed E-state index contributed by atoms with van der Waals surface area (Å²) in [6, 6.07) is 0. The number of aromatic nitrogens is 2. The Balaban J connectivity index is 2.51.